The highest BCUT2D eigenvalue weighted by molar-refractivity contribution is 5.84. The second kappa shape index (κ2) is 6.48. The first-order chi connectivity index (χ1) is 10.7. The molecule has 0 aromatic heterocycles. The fourth-order valence-corrected chi connectivity index (χ4v) is 2.54. The van der Waals surface area contributed by atoms with E-state index in [0.717, 1.165) is 12.2 Å². The summed E-state index contributed by atoms with van der Waals surface area (Å²) in [5.41, 5.74) is 3.86. The first kappa shape index (κ1) is 14.4. The fraction of sp³-hybridized carbons (Fsp3) is 0.143. The van der Waals surface area contributed by atoms with Gasteiger partial charge >= 0.3 is 0 Å². The summed E-state index contributed by atoms with van der Waals surface area (Å²) in [5.74, 6) is 0.902. The lowest BCUT2D eigenvalue weighted by Crippen LogP contribution is -1.85. The zero-order valence-corrected chi connectivity index (χ0v) is 13.0. The second-order valence-electron chi connectivity index (χ2n) is 5.56. The van der Waals surface area contributed by atoms with Crippen molar-refractivity contribution in [1.82, 2.24) is 0 Å². The van der Waals surface area contributed by atoms with Gasteiger partial charge in [-0.15, -0.1) is 0 Å². The molecule has 0 radical (unpaired) electrons. The van der Waals surface area contributed by atoms with Gasteiger partial charge in [-0.3, -0.25) is 0 Å². The van der Waals surface area contributed by atoms with Crippen LogP contribution in [-0.4, -0.2) is 7.11 Å². The average Bonchev–Trinajstić information content (AvgIpc) is 2.56. The molecule has 3 aromatic rings. The zero-order chi connectivity index (χ0) is 15.4. The minimum atomic E-state index is 0.902. The molecular weight excluding hydrogens is 268 g/mol. The van der Waals surface area contributed by atoms with Crippen molar-refractivity contribution in [3.05, 3.63) is 83.4 Å². The Morgan fingerprint density at radius 2 is 1.59 bits per heavy atom. The van der Waals surface area contributed by atoms with Crippen molar-refractivity contribution >= 4 is 16.8 Å². The number of aryl methyl sites for hydroxylation is 1. The van der Waals surface area contributed by atoms with Crippen LogP contribution in [0.15, 0.2) is 66.7 Å². The van der Waals surface area contributed by atoms with Crippen LogP contribution >= 0.6 is 0 Å². The molecule has 3 aromatic carbocycles. The van der Waals surface area contributed by atoms with Gasteiger partial charge < -0.3 is 4.74 Å². The Bertz CT molecular complexity index is 798. The van der Waals surface area contributed by atoms with Crippen molar-refractivity contribution < 1.29 is 4.74 Å². The molecule has 0 fully saturated rings. The van der Waals surface area contributed by atoms with Gasteiger partial charge in [0.15, 0.2) is 0 Å². The number of methoxy groups -OCH3 is 1. The molecule has 0 bridgehead atoms. The second-order valence-corrected chi connectivity index (χ2v) is 5.56. The number of allylic oxidation sites excluding steroid dienone is 1. The predicted molar refractivity (Wildman–Crippen MR) is 94.4 cm³/mol. The molecular formula is C21H20O. The topological polar surface area (TPSA) is 9.23 Å². The van der Waals surface area contributed by atoms with Crippen LogP contribution in [0.4, 0.5) is 0 Å². The lowest BCUT2D eigenvalue weighted by atomic mass is 10.0. The van der Waals surface area contributed by atoms with Gasteiger partial charge in [0, 0.05) is 0 Å². The van der Waals surface area contributed by atoms with Crippen molar-refractivity contribution in [2.75, 3.05) is 7.11 Å². The third-order valence-corrected chi connectivity index (χ3v) is 3.85. The average molecular weight is 288 g/mol. The predicted octanol–water partition coefficient (Wildman–Crippen LogP) is 5.41. The number of rotatable bonds is 4. The highest BCUT2D eigenvalue weighted by atomic mass is 16.5. The van der Waals surface area contributed by atoms with Crippen molar-refractivity contribution in [3.63, 3.8) is 0 Å². The van der Waals surface area contributed by atoms with Crippen LogP contribution in [-0.2, 0) is 6.42 Å². The van der Waals surface area contributed by atoms with Gasteiger partial charge in [0.05, 0.1) is 7.11 Å². The summed E-state index contributed by atoms with van der Waals surface area (Å²) in [6.07, 6.45) is 5.34. The Labute approximate surface area is 131 Å². The van der Waals surface area contributed by atoms with Gasteiger partial charge in [-0.05, 0) is 47.4 Å². The molecule has 110 valence electrons. The number of ether oxygens (including phenoxy) is 1. The molecule has 1 heteroatoms. The van der Waals surface area contributed by atoms with Gasteiger partial charge in [0.2, 0.25) is 0 Å². The Kier molecular flexibility index (Phi) is 4.24. The smallest absolute Gasteiger partial charge is 0.119 e. The lowest BCUT2D eigenvalue weighted by molar-refractivity contribution is 0.415. The molecule has 3 rings (SSSR count). The quantitative estimate of drug-likeness (QED) is 0.623. The summed E-state index contributed by atoms with van der Waals surface area (Å²) in [6, 6.07) is 21.4. The Balaban J connectivity index is 1.75. The summed E-state index contributed by atoms with van der Waals surface area (Å²) < 4.78 is 5.26. The fourth-order valence-electron chi connectivity index (χ4n) is 2.54. The van der Waals surface area contributed by atoms with Crippen molar-refractivity contribution in [2.45, 2.75) is 13.3 Å². The Morgan fingerprint density at radius 3 is 2.36 bits per heavy atom. The number of benzene rings is 3. The van der Waals surface area contributed by atoms with Crippen LogP contribution in [0.5, 0.6) is 5.75 Å². The summed E-state index contributed by atoms with van der Waals surface area (Å²) in [4.78, 5) is 0. The molecule has 0 spiro atoms. The van der Waals surface area contributed by atoms with Crippen LogP contribution in [0, 0.1) is 6.92 Å². The van der Waals surface area contributed by atoms with Crippen molar-refractivity contribution in [3.8, 4) is 5.75 Å². The molecule has 0 saturated heterocycles. The van der Waals surface area contributed by atoms with E-state index >= 15 is 0 Å². The summed E-state index contributed by atoms with van der Waals surface area (Å²) >= 11 is 0. The maximum absolute atomic E-state index is 5.26. The van der Waals surface area contributed by atoms with Gasteiger partial charge in [-0.1, -0.05) is 66.2 Å². The van der Waals surface area contributed by atoms with Gasteiger partial charge in [-0.25, -0.2) is 0 Å². The highest BCUT2D eigenvalue weighted by Crippen LogP contribution is 2.22. The van der Waals surface area contributed by atoms with Gasteiger partial charge in [0.25, 0.3) is 0 Å². The maximum atomic E-state index is 5.26. The van der Waals surface area contributed by atoms with Crippen LogP contribution in [0.25, 0.3) is 16.8 Å². The lowest BCUT2D eigenvalue weighted by Gasteiger charge is -2.04. The van der Waals surface area contributed by atoms with Crippen LogP contribution in [0.1, 0.15) is 16.7 Å². The number of fused-ring (bicyclic) bond motifs is 1. The largest absolute Gasteiger partial charge is 0.497 e. The molecule has 22 heavy (non-hydrogen) atoms. The standard InChI is InChI=1S/C21H20O/c1-16-6-8-17(9-7-16)4-3-5-18-10-11-20-15-21(22-2)13-12-19(20)14-18/h3-4,6-15H,5H2,1-2H3/b4-3+. The SMILES string of the molecule is COc1ccc2cc(C/C=C/c3ccc(C)cc3)ccc2c1. The van der Waals surface area contributed by atoms with Crippen molar-refractivity contribution in [2.24, 2.45) is 0 Å². The molecule has 0 unspecified atom stereocenters. The highest BCUT2D eigenvalue weighted by Gasteiger charge is 1.98. The summed E-state index contributed by atoms with van der Waals surface area (Å²) in [7, 11) is 1.70. The molecule has 0 aliphatic carbocycles. The molecule has 0 heterocycles. The molecule has 0 saturated carbocycles. The van der Waals surface area contributed by atoms with E-state index in [0.29, 0.717) is 0 Å². The Hall–Kier alpha value is -2.54. The van der Waals surface area contributed by atoms with Gasteiger partial charge in [0.1, 0.15) is 5.75 Å². The molecule has 0 N–H and O–H groups in total. The van der Waals surface area contributed by atoms with Crippen LogP contribution < -0.4 is 4.74 Å². The zero-order valence-electron chi connectivity index (χ0n) is 13.0. The van der Waals surface area contributed by atoms with Crippen LogP contribution in [0.2, 0.25) is 0 Å². The third-order valence-electron chi connectivity index (χ3n) is 3.85. The Morgan fingerprint density at radius 1 is 0.864 bits per heavy atom. The van der Waals surface area contributed by atoms with E-state index in [-0.39, 0.29) is 0 Å². The molecule has 0 amide bonds. The molecule has 0 aliphatic rings. The van der Waals surface area contributed by atoms with E-state index in [1.165, 1.54) is 27.5 Å². The maximum Gasteiger partial charge on any atom is 0.119 e. The number of hydrogen-bond donors (Lipinski definition) is 0. The molecule has 1 nitrogen and oxygen atoms in total. The van der Waals surface area contributed by atoms with Gasteiger partial charge in [-0.2, -0.15) is 0 Å². The van der Waals surface area contributed by atoms with Crippen molar-refractivity contribution in [1.29, 1.82) is 0 Å². The van der Waals surface area contributed by atoms with E-state index in [4.69, 9.17) is 4.74 Å². The first-order valence-electron chi connectivity index (χ1n) is 7.54. The third kappa shape index (κ3) is 3.37. The van der Waals surface area contributed by atoms with E-state index < -0.39 is 0 Å². The van der Waals surface area contributed by atoms with E-state index in [1.807, 2.05) is 6.07 Å². The van der Waals surface area contributed by atoms with E-state index in [2.05, 4.69) is 73.7 Å². The summed E-state index contributed by atoms with van der Waals surface area (Å²) in [5, 5.41) is 2.47. The molecule has 0 aliphatic heterocycles. The normalized spacial score (nSPS) is 11.2. The number of hydrogen-bond acceptors (Lipinski definition) is 1. The minimum absolute atomic E-state index is 0.902. The van der Waals surface area contributed by atoms with E-state index in [9.17, 15) is 0 Å². The monoisotopic (exact) mass is 288 g/mol. The minimum Gasteiger partial charge on any atom is -0.497 e. The van der Waals surface area contributed by atoms with E-state index in [1.54, 1.807) is 7.11 Å². The molecule has 0 atom stereocenters. The van der Waals surface area contributed by atoms with Crippen LogP contribution in [0.3, 0.4) is 0 Å². The summed E-state index contributed by atoms with van der Waals surface area (Å²) in [6.45, 7) is 2.11. The first-order valence-corrected chi connectivity index (χ1v) is 7.54.